The molecular formula is C40H84BrClN2. The number of hydrogen-bond donors (Lipinski definition) is 1. The minimum absolute atomic E-state index is 0. The van der Waals surface area contributed by atoms with Crippen LogP contribution in [-0.4, -0.2) is 45.8 Å². The summed E-state index contributed by atoms with van der Waals surface area (Å²) in [6.07, 6.45) is 49.0. The van der Waals surface area contributed by atoms with Crippen LogP contribution in [0, 0.1) is 0 Å². The summed E-state index contributed by atoms with van der Waals surface area (Å²) >= 11 is 0. The van der Waals surface area contributed by atoms with E-state index in [1.165, 1.54) is 197 Å². The first-order chi connectivity index (χ1) is 20.5. The molecule has 268 valence electrons. The third-order valence-electron chi connectivity index (χ3n) is 8.55. The van der Waals surface area contributed by atoms with Gasteiger partial charge < -0.3 is 39.2 Å². The van der Waals surface area contributed by atoms with E-state index in [1.54, 1.807) is 0 Å². The molecule has 0 rings (SSSR count). The average Bonchev–Trinajstić information content (AvgIpc) is 2.97. The highest BCUT2D eigenvalue weighted by atomic mass is 79.9. The summed E-state index contributed by atoms with van der Waals surface area (Å²) in [5.74, 6) is 0. The third kappa shape index (κ3) is 49.1. The molecule has 0 radical (unpaired) electrons. The lowest BCUT2D eigenvalue weighted by atomic mass is 10.1. The van der Waals surface area contributed by atoms with Crippen LogP contribution in [0.4, 0.5) is 0 Å². The van der Waals surface area contributed by atoms with E-state index >= 15 is 0 Å². The molecule has 0 saturated carbocycles. The first-order valence-electron chi connectivity index (χ1n) is 19.4. The number of allylic oxidation sites excluding steroid dienone is 4. The van der Waals surface area contributed by atoms with Gasteiger partial charge >= 0.3 is 0 Å². The van der Waals surface area contributed by atoms with Gasteiger partial charge in [0.25, 0.3) is 0 Å². The van der Waals surface area contributed by atoms with Crippen molar-refractivity contribution in [3.05, 3.63) is 24.3 Å². The van der Waals surface area contributed by atoms with Crippen molar-refractivity contribution < 1.29 is 39.2 Å². The van der Waals surface area contributed by atoms with Crippen LogP contribution in [0.2, 0.25) is 0 Å². The molecule has 44 heavy (non-hydrogen) atoms. The normalized spacial score (nSPS) is 11.4. The molecule has 0 spiro atoms. The summed E-state index contributed by atoms with van der Waals surface area (Å²) < 4.78 is 1.23. The maximum Gasteiger partial charge on any atom is 0.0782 e. The van der Waals surface area contributed by atoms with Crippen molar-refractivity contribution in [1.82, 2.24) is 0 Å². The van der Waals surface area contributed by atoms with Gasteiger partial charge in [-0.2, -0.15) is 0 Å². The lowest BCUT2D eigenvalue weighted by molar-refractivity contribution is -0.890. The molecule has 0 aromatic heterocycles. The molecule has 0 aromatic rings. The molecule has 0 aliphatic carbocycles. The second-order valence-electron chi connectivity index (χ2n) is 13.8. The molecule has 0 aromatic carbocycles. The van der Waals surface area contributed by atoms with Crippen LogP contribution < -0.4 is 34.7 Å². The lowest BCUT2D eigenvalue weighted by Gasteiger charge is -2.30. The van der Waals surface area contributed by atoms with Crippen LogP contribution in [0.15, 0.2) is 24.3 Å². The molecule has 2 N–H and O–H groups in total. The van der Waals surface area contributed by atoms with E-state index in [0.29, 0.717) is 0 Å². The van der Waals surface area contributed by atoms with Crippen molar-refractivity contribution in [1.29, 1.82) is 0 Å². The van der Waals surface area contributed by atoms with Gasteiger partial charge in [0.2, 0.25) is 0 Å². The number of nitrogens with two attached hydrogens (primary N) is 1. The minimum Gasteiger partial charge on any atom is -1.00 e. The molecule has 0 bridgehead atoms. The summed E-state index contributed by atoms with van der Waals surface area (Å²) in [4.78, 5) is 0. The van der Waals surface area contributed by atoms with Crippen molar-refractivity contribution in [2.45, 2.75) is 194 Å². The fourth-order valence-corrected chi connectivity index (χ4v) is 5.69. The average molecular weight is 708 g/mol. The van der Waals surface area contributed by atoms with Gasteiger partial charge in [-0.25, -0.2) is 0 Å². The molecular weight excluding hydrogens is 624 g/mol. The first kappa shape index (κ1) is 51.0. The van der Waals surface area contributed by atoms with E-state index < -0.39 is 0 Å². The van der Waals surface area contributed by atoms with Crippen LogP contribution in [0.3, 0.4) is 0 Å². The molecule has 0 fully saturated rings. The van der Waals surface area contributed by atoms with Gasteiger partial charge in [0.15, 0.2) is 0 Å². The Morgan fingerprint density at radius 2 is 0.591 bits per heavy atom. The Balaban J connectivity index is -0.00000153. The van der Waals surface area contributed by atoms with E-state index in [2.05, 4.69) is 52.2 Å². The van der Waals surface area contributed by atoms with Crippen molar-refractivity contribution in [2.24, 2.45) is 0 Å². The Labute approximate surface area is 297 Å². The van der Waals surface area contributed by atoms with Crippen molar-refractivity contribution in [3.8, 4) is 0 Å². The first-order valence-corrected chi connectivity index (χ1v) is 19.4. The van der Waals surface area contributed by atoms with Gasteiger partial charge in [-0.3, -0.25) is 0 Å². The van der Waals surface area contributed by atoms with Crippen LogP contribution >= 0.6 is 0 Å². The van der Waals surface area contributed by atoms with Gasteiger partial charge in [0, 0.05) is 0 Å². The Kier molecular flexibility index (Phi) is 52.5. The predicted molar refractivity (Wildman–Crippen MR) is 195 cm³/mol. The highest BCUT2D eigenvalue weighted by molar-refractivity contribution is 4.82. The molecule has 0 aliphatic heterocycles. The van der Waals surface area contributed by atoms with Gasteiger partial charge in [0.05, 0.1) is 41.3 Å². The third-order valence-corrected chi connectivity index (χ3v) is 8.55. The summed E-state index contributed by atoms with van der Waals surface area (Å²) in [7, 11) is 8.91. The highest BCUT2D eigenvalue weighted by Crippen LogP contribution is 2.14. The van der Waals surface area contributed by atoms with Crippen LogP contribution in [0.5, 0.6) is 0 Å². The zero-order valence-corrected chi connectivity index (χ0v) is 33.6. The molecule has 4 heteroatoms. The number of unbranched alkanes of at least 4 members (excludes halogenated alkanes) is 24. The Morgan fingerprint density at radius 3 is 0.841 bits per heavy atom. The smallest absolute Gasteiger partial charge is 0.0782 e. The quantitative estimate of drug-likeness (QED) is 0.0506. The van der Waals surface area contributed by atoms with E-state index in [4.69, 9.17) is 0 Å². The summed E-state index contributed by atoms with van der Waals surface area (Å²) in [6.45, 7) is 7.33. The Bertz CT molecular complexity index is 491. The summed E-state index contributed by atoms with van der Waals surface area (Å²) in [5.41, 5.74) is 0. The molecule has 0 unspecified atom stereocenters. The number of quaternary nitrogens is 2. The van der Waals surface area contributed by atoms with Gasteiger partial charge in [0.1, 0.15) is 0 Å². The Hall–Kier alpha value is 0.170. The SMILES string of the molecule is CCCCCCCC/C=C\CCCCCCCC[N+](C)(C)CCCCCCCC/C=C\CCCCCCCC.C[NH2+]C.[Br-].[Cl-]. The van der Waals surface area contributed by atoms with E-state index in [0.717, 1.165) is 0 Å². The zero-order chi connectivity index (χ0) is 31.2. The van der Waals surface area contributed by atoms with Gasteiger partial charge in [-0.1, -0.05) is 141 Å². The van der Waals surface area contributed by atoms with Crippen molar-refractivity contribution >= 4 is 0 Å². The van der Waals surface area contributed by atoms with E-state index in [-0.39, 0.29) is 29.4 Å². The fourth-order valence-electron chi connectivity index (χ4n) is 5.69. The Morgan fingerprint density at radius 1 is 0.386 bits per heavy atom. The number of halogens is 2. The lowest BCUT2D eigenvalue weighted by Crippen LogP contribution is -3.00. The minimum atomic E-state index is 0. The fraction of sp³-hybridized carbons (Fsp3) is 0.900. The standard InChI is InChI=1S/C38H76N.C2H7N.BrH.ClH/c1-5-7-9-11-13-15-17-19-21-23-25-27-29-31-33-35-37-39(3,4)38-36-34-32-30-28-26-24-22-20-18-16-14-12-10-8-6-2;1-3-2;;/h19-22H,5-18,23-38H2,1-4H3;3H,1-2H3;2*1H/q+1;;;/p-1/b21-19-,22-20-;;;. The van der Waals surface area contributed by atoms with E-state index in [1.807, 2.05) is 19.4 Å². The van der Waals surface area contributed by atoms with Gasteiger partial charge in [-0.05, 0) is 77.0 Å². The topological polar surface area (TPSA) is 16.6 Å². The highest BCUT2D eigenvalue weighted by Gasteiger charge is 2.13. The molecule has 0 heterocycles. The van der Waals surface area contributed by atoms with Crippen molar-refractivity contribution in [2.75, 3.05) is 41.3 Å². The van der Waals surface area contributed by atoms with Crippen LogP contribution in [0.25, 0.3) is 0 Å². The molecule has 0 saturated heterocycles. The number of rotatable bonds is 32. The van der Waals surface area contributed by atoms with Crippen LogP contribution in [0.1, 0.15) is 194 Å². The molecule has 0 amide bonds. The molecule has 2 nitrogen and oxygen atoms in total. The second-order valence-corrected chi connectivity index (χ2v) is 13.8. The second kappa shape index (κ2) is 45.3. The maximum absolute atomic E-state index is 2.45. The zero-order valence-electron chi connectivity index (χ0n) is 31.3. The summed E-state index contributed by atoms with van der Waals surface area (Å²) in [6, 6.07) is 0. The van der Waals surface area contributed by atoms with Crippen LogP contribution in [-0.2, 0) is 0 Å². The largest absolute Gasteiger partial charge is 1.00 e. The number of hydrogen-bond acceptors (Lipinski definition) is 0. The summed E-state index contributed by atoms with van der Waals surface area (Å²) in [5, 5.41) is 2.00. The molecule has 0 aliphatic rings. The van der Waals surface area contributed by atoms with Gasteiger partial charge in [-0.15, -0.1) is 0 Å². The number of nitrogens with zero attached hydrogens (tertiary/aromatic N) is 1. The monoisotopic (exact) mass is 707 g/mol. The maximum atomic E-state index is 2.45. The molecule has 0 atom stereocenters. The van der Waals surface area contributed by atoms with E-state index in [9.17, 15) is 0 Å². The predicted octanol–water partition coefficient (Wildman–Crippen LogP) is 5.96. The van der Waals surface area contributed by atoms with Crippen molar-refractivity contribution in [3.63, 3.8) is 0 Å².